The van der Waals surface area contributed by atoms with E-state index in [1.807, 2.05) is 44.2 Å². The molecule has 1 N–H and O–H groups in total. The van der Waals surface area contributed by atoms with Gasteiger partial charge in [0.1, 0.15) is 5.75 Å². The van der Waals surface area contributed by atoms with E-state index in [2.05, 4.69) is 15.5 Å². The molecule has 1 unspecified atom stereocenters. The monoisotopic (exact) mass is 413 g/mol. The molecular formula is C21H23N3O4S. The largest absolute Gasteiger partial charge is 0.350 e. The molecule has 1 aromatic heterocycles. The van der Waals surface area contributed by atoms with Crippen LogP contribution < -0.4 is 5.32 Å². The van der Waals surface area contributed by atoms with Crippen molar-refractivity contribution in [3.05, 3.63) is 77.4 Å². The third-order valence-corrected chi connectivity index (χ3v) is 6.08. The second-order valence-electron chi connectivity index (χ2n) is 6.88. The highest BCUT2D eigenvalue weighted by Gasteiger charge is 2.19. The molecule has 1 amide bonds. The number of nitrogens with one attached hydrogen (secondary N) is 1. The fourth-order valence-corrected chi connectivity index (χ4v) is 3.98. The lowest BCUT2D eigenvalue weighted by Crippen LogP contribution is -2.26. The fourth-order valence-electron chi connectivity index (χ4n) is 2.81. The minimum Gasteiger partial charge on any atom is -0.350 e. The molecule has 0 saturated heterocycles. The van der Waals surface area contributed by atoms with Crippen molar-refractivity contribution in [2.45, 2.75) is 43.4 Å². The van der Waals surface area contributed by atoms with E-state index in [4.69, 9.17) is 4.52 Å². The molecule has 0 aliphatic carbocycles. The van der Waals surface area contributed by atoms with E-state index in [0.717, 1.165) is 11.1 Å². The summed E-state index contributed by atoms with van der Waals surface area (Å²) >= 11 is 0. The van der Waals surface area contributed by atoms with Crippen LogP contribution in [0.2, 0.25) is 0 Å². The molecule has 0 aliphatic heterocycles. The second-order valence-corrected chi connectivity index (χ2v) is 8.87. The van der Waals surface area contributed by atoms with Crippen LogP contribution in [0.5, 0.6) is 0 Å². The van der Waals surface area contributed by atoms with Gasteiger partial charge in [-0.05, 0) is 31.5 Å². The van der Waals surface area contributed by atoms with Crippen LogP contribution in [-0.4, -0.2) is 24.5 Å². The summed E-state index contributed by atoms with van der Waals surface area (Å²) in [4.78, 5) is 16.5. The quantitative estimate of drug-likeness (QED) is 0.609. The summed E-state index contributed by atoms with van der Waals surface area (Å²) in [6, 6.07) is 16.1. The van der Waals surface area contributed by atoms with Gasteiger partial charge in [0, 0.05) is 12.8 Å². The van der Waals surface area contributed by atoms with E-state index in [1.165, 1.54) is 0 Å². The Morgan fingerprint density at radius 2 is 1.79 bits per heavy atom. The van der Waals surface area contributed by atoms with Gasteiger partial charge in [-0.3, -0.25) is 4.79 Å². The summed E-state index contributed by atoms with van der Waals surface area (Å²) in [5, 5.41) is 6.65. The normalized spacial score (nSPS) is 12.5. The van der Waals surface area contributed by atoms with Gasteiger partial charge in [0.05, 0.1) is 10.9 Å². The number of hydrogen-bond donors (Lipinski definition) is 1. The number of hydrogen-bond acceptors (Lipinski definition) is 6. The van der Waals surface area contributed by atoms with Crippen LogP contribution >= 0.6 is 0 Å². The smallest absolute Gasteiger partial charge is 0.227 e. The van der Waals surface area contributed by atoms with Crippen molar-refractivity contribution < 1.29 is 17.7 Å². The number of benzene rings is 2. The number of sulfone groups is 1. The van der Waals surface area contributed by atoms with Gasteiger partial charge in [-0.1, -0.05) is 53.2 Å². The zero-order valence-electron chi connectivity index (χ0n) is 16.3. The van der Waals surface area contributed by atoms with E-state index in [1.54, 1.807) is 24.3 Å². The van der Waals surface area contributed by atoms with Crippen LogP contribution in [0.4, 0.5) is 0 Å². The average Bonchev–Trinajstić information content (AvgIpc) is 3.14. The SMILES string of the molecule is Cc1ccc(S(=O)(=O)Cc2noc(CCC(=O)NC(C)c3ccccc3)n2)cc1. The Morgan fingerprint density at radius 3 is 2.48 bits per heavy atom. The van der Waals surface area contributed by atoms with Gasteiger partial charge in [-0.25, -0.2) is 8.42 Å². The molecule has 0 spiro atoms. The highest BCUT2D eigenvalue weighted by Crippen LogP contribution is 2.16. The second kappa shape index (κ2) is 9.00. The third-order valence-electron chi connectivity index (χ3n) is 4.45. The number of amides is 1. The number of rotatable bonds is 8. The lowest BCUT2D eigenvalue weighted by molar-refractivity contribution is -0.121. The third kappa shape index (κ3) is 5.74. The standard InChI is InChI=1S/C21H23N3O4S/c1-15-8-10-18(11-9-15)29(26,27)14-19-23-21(28-24-19)13-12-20(25)22-16(2)17-6-4-3-5-7-17/h3-11,16H,12-14H2,1-2H3,(H,22,25). The molecule has 8 heteroatoms. The topological polar surface area (TPSA) is 102 Å². The molecule has 3 rings (SSSR count). The Kier molecular flexibility index (Phi) is 6.43. The molecule has 0 radical (unpaired) electrons. The Labute approximate surface area is 170 Å². The first-order valence-corrected chi connectivity index (χ1v) is 10.9. The lowest BCUT2D eigenvalue weighted by Gasteiger charge is -2.13. The van der Waals surface area contributed by atoms with Gasteiger partial charge >= 0.3 is 0 Å². The van der Waals surface area contributed by atoms with Crippen LogP contribution in [-0.2, 0) is 26.8 Å². The summed E-state index contributed by atoms with van der Waals surface area (Å²) in [7, 11) is -3.56. The van der Waals surface area contributed by atoms with Crippen molar-refractivity contribution in [1.29, 1.82) is 0 Å². The molecular weight excluding hydrogens is 390 g/mol. The molecule has 0 fully saturated rings. The minimum atomic E-state index is -3.56. The molecule has 7 nitrogen and oxygen atoms in total. The van der Waals surface area contributed by atoms with Gasteiger partial charge in [-0.15, -0.1) is 0 Å². The van der Waals surface area contributed by atoms with Gasteiger partial charge in [0.15, 0.2) is 15.7 Å². The first kappa shape index (κ1) is 20.7. The molecule has 0 bridgehead atoms. The van der Waals surface area contributed by atoms with Crippen LogP contribution in [0, 0.1) is 6.92 Å². The summed E-state index contributed by atoms with van der Waals surface area (Å²) in [6.07, 6.45) is 0.411. The van der Waals surface area contributed by atoms with Crippen molar-refractivity contribution in [3.63, 3.8) is 0 Å². The van der Waals surface area contributed by atoms with Gasteiger partial charge in [0.2, 0.25) is 11.8 Å². The maximum absolute atomic E-state index is 12.5. The number of aryl methyl sites for hydroxylation is 2. The first-order valence-electron chi connectivity index (χ1n) is 9.29. The van der Waals surface area contributed by atoms with Crippen molar-refractivity contribution in [2.75, 3.05) is 0 Å². The Hall–Kier alpha value is -3.00. The zero-order valence-corrected chi connectivity index (χ0v) is 17.1. The molecule has 0 saturated carbocycles. The Morgan fingerprint density at radius 1 is 1.10 bits per heavy atom. The van der Waals surface area contributed by atoms with Crippen molar-refractivity contribution in [3.8, 4) is 0 Å². The Balaban J connectivity index is 1.53. The van der Waals surface area contributed by atoms with Crippen LogP contribution in [0.1, 0.15) is 42.2 Å². The van der Waals surface area contributed by atoms with Gasteiger partial charge in [-0.2, -0.15) is 4.98 Å². The van der Waals surface area contributed by atoms with Gasteiger partial charge < -0.3 is 9.84 Å². The van der Waals surface area contributed by atoms with E-state index < -0.39 is 9.84 Å². The van der Waals surface area contributed by atoms with E-state index in [0.29, 0.717) is 0 Å². The number of carbonyl (C=O) groups excluding carboxylic acids is 1. The first-order chi connectivity index (χ1) is 13.8. The van der Waals surface area contributed by atoms with Crippen molar-refractivity contribution in [2.24, 2.45) is 0 Å². The van der Waals surface area contributed by atoms with Crippen LogP contribution in [0.3, 0.4) is 0 Å². The summed E-state index contributed by atoms with van der Waals surface area (Å²) in [6.45, 7) is 3.80. The molecule has 152 valence electrons. The molecule has 3 aromatic rings. The summed E-state index contributed by atoms with van der Waals surface area (Å²) in [5.74, 6) is -0.176. The number of nitrogens with zero attached hydrogens (tertiary/aromatic N) is 2. The van der Waals surface area contributed by atoms with Crippen molar-refractivity contribution in [1.82, 2.24) is 15.5 Å². The minimum absolute atomic E-state index is 0.0821. The van der Waals surface area contributed by atoms with Gasteiger partial charge in [0.25, 0.3) is 0 Å². The predicted octanol–water partition coefficient (Wildman–Crippen LogP) is 3.16. The lowest BCUT2D eigenvalue weighted by atomic mass is 10.1. The van der Waals surface area contributed by atoms with Crippen molar-refractivity contribution >= 4 is 15.7 Å². The maximum Gasteiger partial charge on any atom is 0.227 e. The summed E-state index contributed by atoms with van der Waals surface area (Å²) in [5.41, 5.74) is 1.99. The predicted molar refractivity (Wildman–Crippen MR) is 108 cm³/mol. The fraction of sp³-hybridized carbons (Fsp3) is 0.286. The zero-order chi connectivity index (χ0) is 20.9. The van der Waals surface area contributed by atoms with E-state index in [9.17, 15) is 13.2 Å². The highest BCUT2D eigenvalue weighted by atomic mass is 32.2. The molecule has 2 aromatic carbocycles. The molecule has 29 heavy (non-hydrogen) atoms. The number of carbonyl (C=O) groups is 1. The molecule has 1 heterocycles. The van der Waals surface area contributed by atoms with Crippen LogP contribution in [0.25, 0.3) is 0 Å². The highest BCUT2D eigenvalue weighted by molar-refractivity contribution is 7.90. The maximum atomic E-state index is 12.5. The molecule has 1 atom stereocenters. The molecule has 0 aliphatic rings. The van der Waals surface area contributed by atoms with E-state index >= 15 is 0 Å². The van der Waals surface area contributed by atoms with E-state index in [-0.39, 0.29) is 47.2 Å². The average molecular weight is 413 g/mol. The summed E-state index contributed by atoms with van der Waals surface area (Å²) < 4.78 is 30.0. The Bertz CT molecular complexity index is 1060. The van der Waals surface area contributed by atoms with Crippen LogP contribution in [0.15, 0.2) is 64.0 Å². The number of aromatic nitrogens is 2.